The molecule has 7 heteroatoms. The number of hydrogen-bond donors (Lipinski definition) is 1. The standard InChI is InChI=1S/C11H14N4O3/c1-4-7-13-9(11(16)17-3)10(12)15(7)8-5-6(2)18-14-8/h5H,4,12H2,1-3H3. The second-order valence-corrected chi connectivity index (χ2v) is 3.74. The molecule has 0 fully saturated rings. The molecular weight excluding hydrogens is 236 g/mol. The molecule has 0 bridgehead atoms. The van der Waals surface area contributed by atoms with Crippen molar-refractivity contribution in [2.75, 3.05) is 12.8 Å². The number of esters is 1. The van der Waals surface area contributed by atoms with Gasteiger partial charge in [0.2, 0.25) is 0 Å². The fourth-order valence-electron chi connectivity index (χ4n) is 1.68. The van der Waals surface area contributed by atoms with Crippen LogP contribution in [0.15, 0.2) is 10.6 Å². The molecule has 0 aliphatic heterocycles. The summed E-state index contributed by atoms with van der Waals surface area (Å²) in [6.45, 7) is 3.68. The number of aryl methyl sites for hydroxylation is 2. The van der Waals surface area contributed by atoms with E-state index in [1.807, 2.05) is 6.92 Å². The maximum atomic E-state index is 11.5. The van der Waals surface area contributed by atoms with Crippen LogP contribution < -0.4 is 5.73 Å². The van der Waals surface area contributed by atoms with Gasteiger partial charge in [-0.25, -0.2) is 9.78 Å². The summed E-state index contributed by atoms with van der Waals surface area (Å²) in [4.78, 5) is 15.7. The first-order valence-electron chi connectivity index (χ1n) is 5.47. The van der Waals surface area contributed by atoms with Crippen molar-refractivity contribution in [2.45, 2.75) is 20.3 Å². The van der Waals surface area contributed by atoms with Gasteiger partial charge in [-0.15, -0.1) is 0 Å². The Labute approximate surface area is 104 Å². The molecule has 0 aromatic carbocycles. The van der Waals surface area contributed by atoms with Crippen LogP contribution in [0.25, 0.3) is 5.82 Å². The van der Waals surface area contributed by atoms with Crippen molar-refractivity contribution < 1.29 is 14.1 Å². The zero-order chi connectivity index (χ0) is 13.3. The second kappa shape index (κ2) is 4.52. The molecule has 0 aliphatic carbocycles. The second-order valence-electron chi connectivity index (χ2n) is 3.74. The quantitative estimate of drug-likeness (QED) is 0.819. The van der Waals surface area contributed by atoms with Gasteiger partial charge in [-0.2, -0.15) is 0 Å². The zero-order valence-electron chi connectivity index (χ0n) is 10.4. The van der Waals surface area contributed by atoms with Crippen LogP contribution in [0.2, 0.25) is 0 Å². The lowest BCUT2D eigenvalue weighted by atomic mass is 10.4. The highest BCUT2D eigenvalue weighted by Crippen LogP contribution is 2.21. The maximum Gasteiger partial charge on any atom is 0.360 e. The molecule has 2 aromatic rings. The number of carbonyl (C=O) groups excluding carboxylic acids is 1. The van der Waals surface area contributed by atoms with Gasteiger partial charge in [0.15, 0.2) is 11.5 Å². The number of aromatic nitrogens is 3. The van der Waals surface area contributed by atoms with Crippen molar-refractivity contribution in [1.29, 1.82) is 0 Å². The van der Waals surface area contributed by atoms with Gasteiger partial charge >= 0.3 is 5.97 Å². The minimum atomic E-state index is -0.568. The largest absolute Gasteiger partial charge is 0.464 e. The Morgan fingerprint density at radius 3 is 2.83 bits per heavy atom. The van der Waals surface area contributed by atoms with Gasteiger partial charge in [0.25, 0.3) is 0 Å². The minimum Gasteiger partial charge on any atom is -0.464 e. The highest BCUT2D eigenvalue weighted by Gasteiger charge is 2.22. The van der Waals surface area contributed by atoms with Gasteiger partial charge in [0, 0.05) is 12.5 Å². The van der Waals surface area contributed by atoms with E-state index in [0.29, 0.717) is 23.8 Å². The number of ether oxygens (including phenoxy) is 1. The van der Waals surface area contributed by atoms with Crippen molar-refractivity contribution in [1.82, 2.24) is 14.7 Å². The molecule has 0 spiro atoms. The average Bonchev–Trinajstić information content (AvgIpc) is 2.91. The van der Waals surface area contributed by atoms with Gasteiger partial charge in [-0.1, -0.05) is 12.1 Å². The minimum absolute atomic E-state index is 0.0926. The predicted octanol–water partition coefficient (Wildman–Crippen LogP) is 1.10. The lowest BCUT2D eigenvalue weighted by molar-refractivity contribution is 0.0595. The van der Waals surface area contributed by atoms with E-state index in [4.69, 9.17) is 10.3 Å². The number of methoxy groups -OCH3 is 1. The normalized spacial score (nSPS) is 10.6. The van der Waals surface area contributed by atoms with Crippen LogP contribution in [0, 0.1) is 6.92 Å². The summed E-state index contributed by atoms with van der Waals surface area (Å²) in [5.41, 5.74) is 6.01. The number of imidazole rings is 1. The monoisotopic (exact) mass is 250 g/mol. The number of rotatable bonds is 3. The smallest absolute Gasteiger partial charge is 0.360 e. The van der Waals surface area contributed by atoms with Gasteiger partial charge in [0.1, 0.15) is 17.4 Å². The van der Waals surface area contributed by atoms with Gasteiger partial charge in [-0.3, -0.25) is 4.57 Å². The van der Waals surface area contributed by atoms with Crippen LogP contribution in [0.4, 0.5) is 5.82 Å². The first-order valence-corrected chi connectivity index (χ1v) is 5.47. The number of nitrogens with zero attached hydrogens (tertiary/aromatic N) is 3. The Bertz CT molecular complexity index is 585. The molecule has 0 saturated carbocycles. The molecule has 0 aliphatic rings. The Kier molecular flexibility index (Phi) is 3.05. The molecular formula is C11H14N4O3. The summed E-state index contributed by atoms with van der Waals surface area (Å²) in [6.07, 6.45) is 0.604. The van der Waals surface area contributed by atoms with Crippen LogP contribution in [0.1, 0.15) is 29.0 Å². The van der Waals surface area contributed by atoms with Crippen molar-refractivity contribution in [3.8, 4) is 5.82 Å². The first-order chi connectivity index (χ1) is 8.58. The fraction of sp³-hybridized carbons (Fsp3) is 0.364. The third kappa shape index (κ3) is 1.83. The molecule has 7 nitrogen and oxygen atoms in total. The van der Waals surface area contributed by atoms with Gasteiger partial charge in [-0.05, 0) is 6.92 Å². The molecule has 0 amide bonds. The summed E-state index contributed by atoms with van der Waals surface area (Å²) in [7, 11) is 1.28. The van der Waals surface area contributed by atoms with E-state index in [9.17, 15) is 4.79 Å². The maximum absolute atomic E-state index is 11.5. The first kappa shape index (κ1) is 12.2. The molecule has 96 valence electrons. The number of nitrogens with two attached hydrogens (primary N) is 1. The summed E-state index contributed by atoms with van der Waals surface area (Å²) in [5, 5.41) is 3.87. The summed E-state index contributed by atoms with van der Waals surface area (Å²) < 4.78 is 11.2. The van der Waals surface area contributed by atoms with E-state index in [0.717, 1.165) is 0 Å². The Balaban J connectivity index is 2.59. The molecule has 0 saturated heterocycles. The summed E-state index contributed by atoms with van der Waals surface area (Å²) in [6, 6.07) is 1.72. The van der Waals surface area contributed by atoms with E-state index in [1.54, 1.807) is 17.6 Å². The topological polar surface area (TPSA) is 96.2 Å². The van der Waals surface area contributed by atoms with Crippen LogP contribution in [0.3, 0.4) is 0 Å². The molecule has 2 N–H and O–H groups in total. The van der Waals surface area contributed by atoms with Crippen molar-refractivity contribution in [3.05, 3.63) is 23.3 Å². The predicted molar refractivity (Wildman–Crippen MR) is 63.5 cm³/mol. The molecule has 2 rings (SSSR count). The van der Waals surface area contributed by atoms with Crippen LogP contribution in [-0.2, 0) is 11.2 Å². The van der Waals surface area contributed by atoms with Gasteiger partial charge < -0.3 is 15.0 Å². The summed E-state index contributed by atoms with van der Waals surface area (Å²) in [5.74, 6) is 1.42. The number of carbonyl (C=O) groups is 1. The van der Waals surface area contributed by atoms with Crippen molar-refractivity contribution in [3.63, 3.8) is 0 Å². The van der Waals surface area contributed by atoms with E-state index < -0.39 is 5.97 Å². The molecule has 0 radical (unpaired) electrons. The van der Waals surface area contributed by atoms with Crippen LogP contribution in [0.5, 0.6) is 0 Å². The van der Waals surface area contributed by atoms with Crippen molar-refractivity contribution in [2.24, 2.45) is 0 Å². The lowest BCUT2D eigenvalue weighted by Gasteiger charge is -2.03. The zero-order valence-corrected chi connectivity index (χ0v) is 10.4. The molecule has 18 heavy (non-hydrogen) atoms. The highest BCUT2D eigenvalue weighted by molar-refractivity contribution is 5.92. The van der Waals surface area contributed by atoms with E-state index in [1.165, 1.54) is 7.11 Å². The Morgan fingerprint density at radius 1 is 1.61 bits per heavy atom. The van der Waals surface area contributed by atoms with E-state index in [2.05, 4.69) is 14.9 Å². The molecule has 2 heterocycles. The fourth-order valence-corrected chi connectivity index (χ4v) is 1.68. The van der Waals surface area contributed by atoms with E-state index in [-0.39, 0.29) is 11.5 Å². The highest BCUT2D eigenvalue weighted by atomic mass is 16.5. The summed E-state index contributed by atoms with van der Waals surface area (Å²) >= 11 is 0. The van der Waals surface area contributed by atoms with Crippen LogP contribution >= 0.6 is 0 Å². The van der Waals surface area contributed by atoms with Crippen LogP contribution in [-0.4, -0.2) is 27.8 Å². The van der Waals surface area contributed by atoms with Gasteiger partial charge in [0.05, 0.1) is 7.11 Å². The number of hydrogen-bond acceptors (Lipinski definition) is 6. The average molecular weight is 250 g/mol. The number of nitrogen functional groups attached to an aromatic ring is 1. The molecule has 0 unspecified atom stereocenters. The number of anilines is 1. The Hall–Kier alpha value is -2.31. The molecule has 0 atom stereocenters. The molecule has 2 aromatic heterocycles. The third-order valence-corrected chi connectivity index (χ3v) is 2.52. The Morgan fingerprint density at radius 2 is 2.33 bits per heavy atom. The third-order valence-electron chi connectivity index (χ3n) is 2.52. The van der Waals surface area contributed by atoms with E-state index >= 15 is 0 Å². The lowest BCUT2D eigenvalue weighted by Crippen LogP contribution is -2.08. The SMILES string of the molecule is CCc1nc(C(=O)OC)c(N)n1-c1cc(C)on1. The van der Waals surface area contributed by atoms with Crippen molar-refractivity contribution >= 4 is 11.8 Å².